The minimum Gasteiger partial charge on any atom is -0.396 e. The highest BCUT2D eigenvalue weighted by atomic mass is 16.3. The first kappa shape index (κ1) is 13.1. The van der Waals surface area contributed by atoms with Crippen molar-refractivity contribution in [2.75, 3.05) is 19.7 Å². The van der Waals surface area contributed by atoms with Gasteiger partial charge >= 0.3 is 0 Å². The third kappa shape index (κ3) is 4.26. The van der Waals surface area contributed by atoms with E-state index in [1.54, 1.807) is 6.20 Å². The molecule has 0 aliphatic heterocycles. The van der Waals surface area contributed by atoms with E-state index in [1.165, 1.54) is 5.56 Å². The van der Waals surface area contributed by atoms with Crippen LogP contribution in [0.4, 0.5) is 0 Å². The Morgan fingerprint density at radius 1 is 1.50 bits per heavy atom. The first-order valence-corrected chi connectivity index (χ1v) is 5.77. The summed E-state index contributed by atoms with van der Waals surface area (Å²) in [5, 5.41) is 8.81. The summed E-state index contributed by atoms with van der Waals surface area (Å²) in [5.41, 5.74) is 7.71. The number of nitrogens with two attached hydrogens (primary N) is 1. The molecule has 3 N–H and O–H groups in total. The Morgan fingerprint density at radius 3 is 2.94 bits per heavy atom. The van der Waals surface area contributed by atoms with Crippen LogP contribution in [0, 0.1) is 0 Å². The van der Waals surface area contributed by atoms with Gasteiger partial charge in [0.05, 0.1) is 5.69 Å². The molecule has 0 spiro atoms. The Hall–Kier alpha value is -0.970. The number of aromatic nitrogens is 1. The molecule has 0 bridgehead atoms. The van der Waals surface area contributed by atoms with Gasteiger partial charge in [0, 0.05) is 32.4 Å². The second-order valence-electron chi connectivity index (χ2n) is 3.81. The zero-order valence-corrected chi connectivity index (χ0v) is 9.89. The summed E-state index contributed by atoms with van der Waals surface area (Å²) in [6.45, 7) is 5.67. The molecule has 0 fully saturated rings. The molecule has 0 unspecified atom stereocenters. The van der Waals surface area contributed by atoms with Crippen molar-refractivity contribution in [3.8, 4) is 0 Å². The minimum absolute atomic E-state index is 0.251. The monoisotopic (exact) mass is 223 g/mol. The molecular formula is C12H21N3O. The van der Waals surface area contributed by atoms with Crippen LogP contribution in [-0.4, -0.2) is 34.7 Å². The highest BCUT2D eigenvalue weighted by Gasteiger charge is 2.03. The van der Waals surface area contributed by atoms with Gasteiger partial charge in [-0.15, -0.1) is 0 Å². The summed E-state index contributed by atoms with van der Waals surface area (Å²) in [6.07, 6.45) is 2.63. The molecule has 0 atom stereocenters. The Balaban J connectivity index is 2.55. The van der Waals surface area contributed by atoms with Gasteiger partial charge in [0.15, 0.2) is 0 Å². The van der Waals surface area contributed by atoms with Crippen LogP contribution in [0.1, 0.15) is 24.6 Å². The largest absolute Gasteiger partial charge is 0.396 e. The van der Waals surface area contributed by atoms with E-state index in [1.807, 2.05) is 12.1 Å². The number of rotatable bonds is 7. The summed E-state index contributed by atoms with van der Waals surface area (Å²) in [6, 6.07) is 4.06. The molecule has 1 aromatic heterocycles. The Kier molecular flexibility index (Phi) is 6.00. The van der Waals surface area contributed by atoms with Crippen molar-refractivity contribution >= 4 is 0 Å². The molecule has 16 heavy (non-hydrogen) atoms. The van der Waals surface area contributed by atoms with Crippen molar-refractivity contribution in [1.29, 1.82) is 0 Å². The molecule has 0 amide bonds. The van der Waals surface area contributed by atoms with Gasteiger partial charge in [0.2, 0.25) is 0 Å². The average Bonchev–Trinajstić information content (AvgIpc) is 2.34. The highest BCUT2D eigenvalue weighted by Crippen LogP contribution is 2.06. The fraction of sp³-hybridized carbons (Fsp3) is 0.583. The zero-order valence-electron chi connectivity index (χ0n) is 9.89. The van der Waals surface area contributed by atoms with E-state index in [9.17, 15) is 0 Å². The first-order chi connectivity index (χ1) is 7.80. The summed E-state index contributed by atoms with van der Waals surface area (Å²) >= 11 is 0. The van der Waals surface area contributed by atoms with Crippen molar-refractivity contribution in [2.45, 2.75) is 26.4 Å². The molecule has 1 aromatic rings. The topological polar surface area (TPSA) is 62.4 Å². The molecule has 0 saturated carbocycles. The van der Waals surface area contributed by atoms with Crippen molar-refractivity contribution < 1.29 is 5.11 Å². The number of hydrogen-bond donors (Lipinski definition) is 2. The maximum Gasteiger partial charge on any atom is 0.0542 e. The van der Waals surface area contributed by atoms with Crippen LogP contribution in [0.25, 0.3) is 0 Å². The van der Waals surface area contributed by atoms with Gasteiger partial charge in [0.25, 0.3) is 0 Å². The predicted molar refractivity (Wildman–Crippen MR) is 64.8 cm³/mol. The SMILES string of the molecule is CCN(CCCO)Cc1ccnc(CN)c1. The molecular weight excluding hydrogens is 202 g/mol. The van der Waals surface area contributed by atoms with Crippen LogP contribution in [0.3, 0.4) is 0 Å². The van der Waals surface area contributed by atoms with Crippen LogP contribution in [0.5, 0.6) is 0 Å². The number of hydrogen-bond acceptors (Lipinski definition) is 4. The fourth-order valence-corrected chi connectivity index (χ4v) is 1.64. The number of aliphatic hydroxyl groups is 1. The van der Waals surface area contributed by atoms with Gasteiger partial charge in [-0.25, -0.2) is 0 Å². The van der Waals surface area contributed by atoms with E-state index in [4.69, 9.17) is 10.8 Å². The highest BCUT2D eigenvalue weighted by molar-refractivity contribution is 5.16. The van der Waals surface area contributed by atoms with Gasteiger partial charge in [-0.1, -0.05) is 6.92 Å². The molecule has 0 saturated heterocycles. The lowest BCUT2D eigenvalue weighted by Gasteiger charge is -2.20. The third-order valence-corrected chi connectivity index (χ3v) is 2.58. The summed E-state index contributed by atoms with van der Waals surface area (Å²) in [5.74, 6) is 0. The summed E-state index contributed by atoms with van der Waals surface area (Å²) < 4.78 is 0. The minimum atomic E-state index is 0.251. The summed E-state index contributed by atoms with van der Waals surface area (Å²) in [4.78, 5) is 6.47. The molecule has 0 aliphatic carbocycles. The second kappa shape index (κ2) is 7.33. The van der Waals surface area contributed by atoms with E-state index in [0.717, 1.165) is 31.7 Å². The average molecular weight is 223 g/mol. The second-order valence-corrected chi connectivity index (χ2v) is 3.81. The van der Waals surface area contributed by atoms with Crippen LogP contribution < -0.4 is 5.73 Å². The van der Waals surface area contributed by atoms with Gasteiger partial charge in [-0.2, -0.15) is 0 Å². The van der Waals surface area contributed by atoms with E-state index in [2.05, 4.69) is 16.8 Å². The lowest BCUT2D eigenvalue weighted by atomic mass is 10.2. The molecule has 0 radical (unpaired) electrons. The Labute approximate surface area is 97.1 Å². The fourth-order valence-electron chi connectivity index (χ4n) is 1.64. The number of pyridine rings is 1. The van der Waals surface area contributed by atoms with Crippen LogP contribution in [0.15, 0.2) is 18.3 Å². The van der Waals surface area contributed by atoms with Gasteiger partial charge in [0.1, 0.15) is 0 Å². The number of nitrogens with zero attached hydrogens (tertiary/aromatic N) is 2. The van der Waals surface area contributed by atoms with E-state index < -0.39 is 0 Å². The molecule has 1 heterocycles. The lowest BCUT2D eigenvalue weighted by molar-refractivity contribution is 0.225. The molecule has 0 aliphatic rings. The van der Waals surface area contributed by atoms with Crippen molar-refractivity contribution in [3.05, 3.63) is 29.6 Å². The molecule has 90 valence electrons. The van der Waals surface area contributed by atoms with Crippen LogP contribution in [-0.2, 0) is 13.1 Å². The first-order valence-electron chi connectivity index (χ1n) is 5.77. The van der Waals surface area contributed by atoms with Gasteiger partial charge < -0.3 is 10.8 Å². The normalized spacial score (nSPS) is 11.0. The van der Waals surface area contributed by atoms with E-state index in [-0.39, 0.29) is 6.61 Å². The molecule has 4 heteroatoms. The van der Waals surface area contributed by atoms with Gasteiger partial charge in [-0.05, 0) is 30.7 Å². The van der Waals surface area contributed by atoms with Crippen LogP contribution in [0.2, 0.25) is 0 Å². The maximum absolute atomic E-state index is 8.81. The van der Waals surface area contributed by atoms with Crippen molar-refractivity contribution in [3.63, 3.8) is 0 Å². The Bertz CT molecular complexity index is 304. The van der Waals surface area contributed by atoms with E-state index in [0.29, 0.717) is 6.54 Å². The molecule has 4 nitrogen and oxygen atoms in total. The smallest absolute Gasteiger partial charge is 0.0542 e. The van der Waals surface area contributed by atoms with Crippen LogP contribution >= 0.6 is 0 Å². The molecule has 0 aromatic carbocycles. The standard InChI is InChI=1S/C12H21N3O/c1-2-15(6-3-7-16)10-11-4-5-14-12(8-11)9-13/h4-5,8,16H,2-3,6-7,9-10,13H2,1H3. The zero-order chi connectivity index (χ0) is 11.8. The Morgan fingerprint density at radius 2 is 2.31 bits per heavy atom. The number of aliphatic hydroxyl groups excluding tert-OH is 1. The van der Waals surface area contributed by atoms with Crippen molar-refractivity contribution in [2.24, 2.45) is 5.73 Å². The molecule has 1 rings (SSSR count). The predicted octanol–water partition coefficient (Wildman–Crippen LogP) is 0.745. The van der Waals surface area contributed by atoms with Crippen molar-refractivity contribution in [1.82, 2.24) is 9.88 Å². The summed E-state index contributed by atoms with van der Waals surface area (Å²) in [7, 11) is 0. The van der Waals surface area contributed by atoms with E-state index >= 15 is 0 Å². The quantitative estimate of drug-likeness (QED) is 0.716. The maximum atomic E-state index is 8.81. The van der Waals surface area contributed by atoms with Gasteiger partial charge in [-0.3, -0.25) is 9.88 Å². The lowest BCUT2D eigenvalue weighted by Crippen LogP contribution is -2.24. The third-order valence-electron chi connectivity index (χ3n) is 2.58.